The van der Waals surface area contributed by atoms with Gasteiger partial charge in [0, 0.05) is 16.8 Å². The number of carbonyl (C=O) groups excluding carboxylic acids is 2. The summed E-state index contributed by atoms with van der Waals surface area (Å²) in [6.45, 7) is 0. The molecule has 1 aliphatic heterocycles. The van der Waals surface area contributed by atoms with Crippen molar-refractivity contribution in [1.82, 2.24) is 0 Å². The first kappa shape index (κ1) is 17.0. The Morgan fingerprint density at radius 2 is 1.96 bits per heavy atom. The molecule has 6 heteroatoms. The fourth-order valence-electron chi connectivity index (χ4n) is 3.43. The number of carbonyl (C=O) groups is 2. The SMILES string of the molecule is O=C(CSC1=NC(=O)C2CCCCC2=N1)Nc1cccc2ccccc12. The molecule has 1 N–H and O–H groups in total. The molecule has 1 unspecified atom stereocenters. The summed E-state index contributed by atoms with van der Waals surface area (Å²) in [6.07, 6.45) is 3.84. The number of hydrogen-bond donors (Lipinski definition) is 1. The van der Waals surface area contributed by atoms with Gasteiger partial charge in [-0.1, -0.05) is 54.6 Å². The second-order valence-electron chi connectivity index (χ2n) is 6.50. The predicted molar refractivity (Wildman–Crippen MR) is 107 cm³/mol. The van der Waals surface area contributed by atoms with Crippen LogP contribution in [0.3, 0.4) is 0 Å². The molecule has 1 atom stereocenters. The zero-order valence-electron chi connectivity index (χ0n) is 14.3. The van der Waals surface area contributed by atoms with Crippen LogP contribution in [0.2, 0.25) is 0 Å². The highest BCUT2D eigenvalue weighted by Crippen LogP contribution is 2.28. The molecule has 2 amide bonds. The molecule has 1 saturated carbocycles. The van der Waals surface area contributed by atoms with Crippen molar-refractivity contribution in [2.45, 2.75) is 25.7 Å². The highest BCUT2D eigenvalue weighted by atomic mass is 32.2. The lowest BCUT2D eigenvalue weighted by Gasteiger charge is -2.24. The molecule has 0 radical (unpaired) electrons. The van der Waals surface area contributed by atoms with E-state index in [2.05, 4.69) is 15.3 Å². The lowest BCUT2D eigenvalue weighted by molar-refractivity contribution is -0.120. The van der Waals surface area contributed by atoms with E-state index in [1.807, 2.05) is 42.5 Å². The molecular weight excluding hydrogens is 346 g/mol. The van der Waals surface area contributed by atoms with Crippen molar-refractivity contribution >= 4 is 50.9 Å². The summed E-state index contributed by atoms with van der Waals surface area (Å²) in [7, 11) is 0. The van der Waals surface area contributed by atoms with Crippen LogP contribution < -0.4 is 5.32 Å². The fourth-order valence-corrected chi connectivity index (χ4v) is 4.10. The minimum Gasteiger partial charge on any atom is -0.325 e. The zero-order valence-corrected chi connectivity index (χ0v) is 15.1. The maximum atomic E-state index is 12.3. The molecule has 5 nitrogen and oxygen atoms in total. The Bertz CT molecular complexity index is 930. The zero-order chi connectivity index (χ0) is 17.9. The summed E-state index contributed by atoms with van der Waals surface area (Å²) in [5.41, 5.74) is 1.72. The van der Waals surface area contributed by atoms with Crippen LogP contribution in [0.25, 0.3) is 10.8 Å². The largest absolute Gasteiger partial charge is 0.325 e. The smallest absolute Gasteiger partial charge is 0.256 e. The van der Waals surface area contributed by atoms with Gasteiger partial charge in [0.1, 0.15) is 0 Å². The number of benzene rings is 2. The number of fused-ring (bicyclic) bond motifs is 2. The van der Waals surface area contributed by atoms with Crippen LogP contribution in [0.4, 0.5) is 5.69 Å². The van der Waals surface area contributed by atoms with Crippen molar-refractivity contribution in [2.75, 3.05) is 11.1 Å². The molecule has 0 bridgehead atoms. The third-order valence-corrected chi connectivity index (χ3v) is 5.56. The molecule has 0 spiro atoms. The number of anilines is 1. The monoisotopic (exact) mass is 365 g/mol. The molecule has 1 aliphatic carbocycles. The van der Waals surface area contributed by atoms with E-state index in [0.717, 1.165) is 47.9 Å². The van der Waals surface area contributed by atoms with E-state index in [1.54, 1.807) is 0 Å². The quantitative estimate of drug-likeness (QED) is 0.892. The number of aliphatic imine (C=N–C) groups is 2. The minimum atomic E-state index is -0.132. The average molecular weight is 365 g/mol. The Kier molecular flexibility index (Phi) is 4.84. The lowest BCUT2D eigenvalue weighted by atomic mass is 9.86. The highest BCUT2D eigenvalue weighted by Gasteiger charge is 2.30. The van der Waals surface area contributed by atoms with Gasteiger partial charge in [0.2, 0.25) is 5.91 Å². The van der Waals surface area contributed by atoms with Crippen LogP contribution in [-0.2, 0) is 9.59 Å². The molecule has 0 saturated heterocycles. The molecule has 1 heterocycles. The van der Waals surface area contributed by atoms with Crippen molar-refractivity contribution in [2.24, 2.45) is 15.9 Å². The Morgan fingerprint density at radius 3 is 2.88 bits per heavy atom. The van der Waals surface area contributed by atoms with Gasteiger partial charge in [0.15, 0.2) is 5.17 Å². The molecular formula is C20H19N3O2S. The normalized spacial score (nSPS) is 19.5. The summed E-state index contributed by atoms with van der Waals surface area (Å²) in [5, 5.41) is 5.44. The van der Waals surface area contributed by atoms with Crippen LogP contribution in [0, 0.1) is 5.92 Å². The van der Waals surface area contributed by atoms with Crippen molar-refractivity contribution in [3.63, 3.8) is 0 Å². The third kappa shape index (κ3) is 3.55. The van der Waals surface area contributed by atoms with E-state index in [1.165, 1.54) is 11.8 Å². The Hall–Kier alpha value is -2.47. The molecule has 4 rings (SSSR count). The number of nitrogens with zero attached hydrogens (tertiary/aromatic N) is 2. The van der Waals surface area contributed by atoms with Crippen molar-refractivity contribution in [3.8, 4) is 0 Å². The van der Waals surface area contributed by atoms with Crippen LogP contribution in [0.5, 0.6) is 0 Å². The molecule has 2 aromatic rings. The molecule has 0 aromatic heterocycles. The number of nitrogens with one attached hydrogen (secondary N) is 1. The Labute approximate surface area is 156 Å². The van der Waals surface area contributed by atoms with Gasteiger partial charge in [-0.15, -0.1) is 0 Å². The summed E-state index contributed by atoms with van der Waals surface area (Å²) >= 11 is 1.22. The third-order valence-electron chi connectivity index (χ3n) is 4.72. The van der Waals surface area contributed by atoms with E-state index in [9.17, 15) is 9.59 Å². The summed E-state index contributed by atoms with van der Waals surface area (Å²) in [4.78, 5) is 33.1. The van der Waals surface area contributed by atoms with Crippen molar-refractivity contribution in [1.29, 1.82) is 0 Å². The van der Waals surface area contributed by atoms with E-state index >= 15 is 0 Å². The minimum absolute atomic E-state index is 0.105. The van der Waals surface area contributed by atoms with Crippen LogP contribution in [0.1, 0.15) is 25.7 Å². The van der Waals surface area contributed by atoms with Crippen molar-refractivity contribution in [3.05, 3.63) is 42.5 Å². The van der Waals surface area contributed by atoms with Gasteiger partial charge < -0.3 is 5.32 Å². The summed E-state index contributed by atoms with van der Waals surface area (Å²) in [6, 6.07) is 13.7. The van der Waals surface area contributed by atoms with E-state index in [0.29, 0.717) is 5.17 Å². The van der Waals surface area contributed by atoms with Gasteiger partial charge in [-0.2, -0.15) is 4.99 Å². The average Bonchev–Trinajstić information content (AvgIpc) is 2.67. The molecule has 2 aliphatic rings. The second-order valence-corrected chi connectivity index (χ2v) is 7.44. The molecule has 1 fully saturated rings. The Balaban J connectivity index is 1.41. The second kappa shape index (κ2) is 7.41. The maximum absolute atomic E-state index is 12.3. The Morgan fingerprint density at radius 1 is 1.12 bits per heavy atom. The number of amidine groups is 1. The molecule has 2 aromatic carbocycles. The van der Waals surface area contributed by atoms with Gasteiger partial charge in [-0.3, -0.25) is 9.59 Å². The predicted octanol–water partition coefficient (Wildman–Crippen LogP) is 4.04. The van der Waals surface area contributed by atoms with Crippen molar-refractivity contribution < 1.29 is 9.59 Å². The van der Waals surface area contributed by atoms with Gasteiger partial charge in [0.25, 0.3) is 5.91 Å². The fraction of sp³-hybridized carbons (Fsp3) is 0.300. The van der Waals surface area contributed by atoms with Crippen LogP contribution in [-0.4, -0.2) is 28.4 Å². The first-order valence-corrected chi connectivity index (χ1v) is 9.80. The summed E-state index contributed by atoms with van der Waals surface area (Å²) < 4.78 is 0. The van der Waals surface area contributed by atoms with E-state index in [-0.39, 0.29) is 23.5 Å². The van der Waals surface area contributed by atoms with Crippen LogP contribution in [0.15, 0.2) is 52.4 Å². The van der Waals surface area contributed by atoms with Gasteiger partial charge in [0.05, 0.1) is 11.7 Å². The van der Waals surface area contributed by atoms with Gasteiger partial charge in [-0.25, -0.2) is 4.99 Å². The number of rotatable bonds is 3. The molecule has 132 valence electrons. The van der Waals surface area contributed by atoms with E-state index in [4.69, 9.17) is 0 Å². The first-order chi connectivity index (χ1) is 12.7. The summed E-state index contributed by atoms with van der Waals surface area (Å²) in [5.74, 6) is -0.187. The maximum Gasteiger partial charge on any atom is 0.256 e. The van der Waals surface area contributed by atoms with Gasteiger partial charge in [-0.05, 0) is 30.7 Å². The number of hydrogen-bond acceptors (Lipinski definition) is 4. The first-order valence-electron chi connectivity index (χ1n) is 8.81. The van der Waals surface area contributed by atoms with Gasteiger partial charge >= 0.3 is 0 Å². The molecule has 26 heavy (non-hydrogen) atoms. The lowest BCUT2D eigenvalue weighted by Crippen LogP contribution is -2.30. The highest BCUT2D eigenvalue weighted by molar-refractivity contribution is 8.14. The standard InChI is InChI=1S/C20H19N3O2S/c24-18(21-16-11-5-7-13-6-1-2-8-14(13)16)12-26-20-22-17-10-4-3-9-15(17)19(25)23-20/h1-2,5-8,11,15H,3-4,9-10,12H2,(H,21,24). The topological polar surface area (TPSA) is 70.9 Å². The number of amides is 2. The van der Waals surface area contributed by atoms with Crippen LogP contribution >= 0.6 is 11.8 Å². The number of thioether (sulfide) groups is 1. The van der Waals surface area contributed by atoms with E-state index < -0.39 is 0 Å².